The fourth-order valence-corrected chi connectivity index (χ4v) is 2.07. The van der Waals surface area contributed by atoms with Crippen molar-refractivity contribution in [1.82, 2.24) is 9.55 Å². The van der Waals surface area contributed by atoms with Crippen molar-refractivity contribution in [2.24, 2.45) is 0 Å². The van der Waals surface area contributed by atoms with Crippen LogP contribution in [-0.2, 0) is 11.3 Å². The van der Waals surface area contributed by atoms with Gasteiger partial charge < -0.3 is 24.5 Å². The minimum absolute atomic E-state index is 0.487. The second-order valence-corrected chi connectivity index (χ2v) is 4.16. The van der Waals surface area contributed by atoms with Gasteiger partial charge in [-0.15, -0.1) is 0 Å². The van der Waals surface area contributed by atoms with Gasteiger partial charge >= 0.3 is 0 Å². The first-order valence-corrected chi connectivity index (χ1v) is 6.08. The summed E-state index contributed by atoms with van der Waals surface area (Å²) in [6.07, 6.45) is 0.876. The number of aromatic nitrogens is 2. The first-order chi connectivity index (χ1) is 9.21. The van der Waals surface area contributed by atoms with Crippen molar-refractivity contribution in [1.29, 1.82) is 0 Å². The van der Waals surface area contributed by atoms with E-state index in [9.17, 15) is 0 Å². The number of imidazole rings is 1. The summed E-state index contributed by atoms with van der Waals surface area (Å²) in [6, 6.07) is 3.72. The number of fused-ring (bicyclic) bond motifs is 1. The molecule has 2 N–H and O–H groups in total. The van der Waals surface area contributed by atoms with Gasteiger partial charge in [0.1, 0.15) is 0 Å². The van der Waals surface area contributed by atoms with Gasteiger partial charge in [0.2, 0.25) is 5.95 Å². The zero-order valence-corrected chi connectivity index (χ0v) is 11.5. The van der Waals surface area contributed by atoms with Crippen molar-refractivity contribution in [3.8, 4) is 11.5 Å². The Bertz CT molecular complexity index is 566. The van der Waals surface area contributed by atoms with Crippen LogP contribution in [0.25, 0.3) is 11.0 Å². The molecule has 104 valence electrons. The molecular weight excluding hydrogens is 246 g/mol. The first-order valence-electron chi connectivity index (χ1n) is 6.08. The number of methoxy groups -OCH3 is 3. The number of hydrogen-bond donors (Lipinski definition) is 1. The minimum Gasteiger partial charge on any atom is -0.493 e. The molecule has 6 nitrogen and oxygen atoms in total. The third kappa shape index (κ3) is 2.58. The molecule has 1 aromatic carbocycles. The maximum atomic E-state index is 5.95. The van der Waals surface area contributed by atoms with Crippen molar-refractivity contribution in [2.75, 3.05) is 33.7 Å². The van der Waals surface area contributed by atoms with Gasteiger partial charge in [0, 0.05) is 32.4 Å². The Kier molecular flexibility index (Phi) is 4.11. The lowest BCUT2D eigenvalue weighted by atomic mass is 10.2. The zero-order chi connectivity index (χ0) is 13.8. The second kappa shape index (κ2) is 5.79. The summed E-state index contributed by atoms with van der Waals surface area (Å²) < 4.78 is 17.6. The molecule has 0 spiro atoms. The summed E-state index contributed by atoms with van der Waals surface area (Å²) in [5.74, 6) is 1.81. The van der Waals surface area contributed by atoms with Crippen molar-refractivity contribution in [3.63, 3.8) is 0 Å². The number of nitrogens with zero attached hydrogens (tertiary/aromatic N) is 2. The number of benzene rings is 1. The van der Waals surface area contributed by atoms with Gasteiger partial charge in [-0.1, -0.05) is 0 Å². The molecule has 2 aromatic rings. The summed E-state index contributed by atoms with van der Waals surface area (Å²) in [5.41, 5.74) is 7.68. The van der Waals surface area contributed by atoms with Crippen LogP contribution in [0.15, 0.2) is 12.1 Å². The zero-order valence-electron chi connectivity index (χ0n) is 11.5. The average molecular weight is 265 g/mol. The molecule has 0 bridgehead atoms. The molecule has 0 atom stereocenters. The van der Waals surface area contributed by atoms with E-state index in [4.69, 9.17) is 19.9 Å². The Labute approximate surface area is 112 Å². The molecule has 0 saturated heterocycles. The third-order valence-corrected chi connectivity index (χ3v) is 3.01. The van der Waals surface area contributed by atoms with Gasteiger partial charge in [-0.2, -0.15) is 0 Å². The number of nitrogens with two attached hydrogens (primary N) is 1. The predicted octanol–water partition coefficient (Wildman–Crippen LogP) is 1.67. The van der Waals surface area contributed by atoms with Crippen LogP contribution in [0, 0.1) is 0 Å². The van der Waals surface area contributed by atoms with E-state index in [0.29, 0.717) is 24.1 Å². The third-order valence-electron chi connectivity index (χ3n) is 3.01. The summed E-state index contributed by atoms with van der Waals surface area (Å²) >= 11 is 0. The van der Waals surface area contributed by atoms with Crippen molar-refractivity contribution in [3.05, 3.63) is 12.1 Å². The van der Waals surface area contributed by atoms with E-state index >= 15 is 0 Å². The van der Waals surface area contributed by atoms with E-state index < -0.39 is 0 Å². The van der Waals surface area contributed by atoms with Crippen molar-refractivity contribution in [2.45, 2.75) is 13.0 Å². The normalized spacial score (nSPS) is 10.9. The highest BCUT2D eigenvalue weighted by Crippen LogP contribution is 2.32. The molecule has 19 heavy (non-hydrogen) atoms. The van der Waals surface area contributed by atoms with E-state index in [1.807, 2.05) is 16.7 Å². The van der Waals surface area contributed by atoms with Gasteiger partial charge in [0.25, 0.3) is 0 Å². The lowest BCUT2D eigenvalue weighted by Gasteiger charge is -2.09. The summed E-state index contributed by atoms with van der Waals surface area (Å²) in [6.45, 7) is 1.44. The van der Waals surface area contributed by atoms with Crippen LogP contribution in [0.2, 0.25) is 0 Å². The highest BCUT2D eigenvalue weighted by molar-refractivity contribution is 5.82. The van der Waals surface area contributed by atoms with Crippen LogP contribution >= 0.6 is 0 Å². The molecular formula is C13H19N3O3. The van der Waals surface area contributed by atoms with E-state index in [-0.39, 0.29) is 0 Å². The molecule has 6 heteroatoms. The molecule has 0 aliphatic heterocycles. The average Bonchev–Trinajstić information content (AvgIpc) is 2.73. The van der Waals surface area contributed by atoms with Crippen molar-refractivity contribution >= 4 is 17.0 Å². The second-order valence-electron chi connectivity index (χ2n) is 4.16. The lowest BCUT2D eigenvalue weighted by molar-refractivity contribution is 0.191. The van der Waals surface area contributed by atoms with Crippen LogP contribution in [-0.4, -0.2) is 37.5 Å². The van der Waals surface area contributed by atoms with E-state index in [1.54, 1.807) is 21.3 Å². The quantitative estimate of drug-likeness (QED) is 0.804. The van der Waals surface area contributed by atoms with Crippen LogP contribution in [0.4, 0.5) is 5.95 Å². The van der Waals surface area contributed by atoms with Crippen LogP contribution in [0.3, 0.4) is 0 Å². The molecule has 0 aliphatic carbocycles. The highest BCUT2D eigenvalue weighted by atomic mass is 16.5. The topological polar surface area (TPSA) is 71.5 Å². The Balaban J connectivity index is 2.43. The Hall–Kier alpha value is -1.95. The molecule has 0 fully saturated rings. The standard InChI is InChI=1S/C13H19N3O3/c1-17-6-4-5-16-10-8-12(19-3)11(18-2)7-9(10)15-13(16)14/h7-8H,4-6H2,1-3H3,(H2,14,15). The Morgan fingerprint density at radius 1 is 1.16 bits per heavy atom. The Morgan fingerprint density at radius 2 is 1.84 bits per heavy atom. The Morgan fingerprint density at radius 3 is 2.47 bits per heavy atom. The molecule has 0 amide bonds. The predicted molar refractivity (Wildman–Crippen MR) is 73.7 cm³/mol. The molecule has 0 aliphatic rings. The molecule has 0 unspecified atom stereocenters. The fourth-order valence-electron chi connectivity index (χ4n) is 2.07. The van der Waals surface area contributed by atoms with E-state index in [2.05, 4.69) is 4.98 Å². The van der Waals surface area contributed by atoms with Crippen LogP contribution < -0.4 is 15.2 Å². The summed E-state index contributed by atoms with van der Waals surface area (Å²) in [4.78, 5) is 4.34. The number of ether oxygens (including phenoxy) is 3. The number of anilines is 1. The van der Waals surface area contributed by atoms with Gasteiger partial charge in [-0.05, 0) is 6.42 Å². The molecule has 0 saturated carbocycles. The van der Waals surface area contributed by atoms with Crippen molar-refractivity contribution < 1.29 is 14.2 Å². The smallest absolute Gasteiger partial charge is 0.201 e. The molecule has 1 aromatic heterocycles. The van der Waals surface area contributed by atoms with E-state index in [1.165, 1.54) is 0 Å². The summed E-state index contributed by atoms with van der Waals surface area (Å²) in [5, 5.41) is 0. The van der Waals surface area contributed by atoms with Gasteiger partial charge in [0.15, 0.2) is 11.5 Å². The largest absolute Gasteiger partial charge is 0.493 e. The van der Waals surface area contributed by atoms with Crippen LogP contribution in [0.1, 0.15) is 6.42 Å². The number of aryl methyl sites for hydroxylation is 1. The maximum Gasteiger partial charge on any atom is 0.201 e. The number of hydrogen-bond acceptors (Lipinski definition) is 5. The van der Waals surface area contributed by atoms with Gasteiger partial charge in [-0.25, -0.2) is 4.98 Å². The molecule has 2 rings (SSSR count). The number of nitrogen functional groups attached to an aromatic ring is 1. The fraction of sp³-hybridized carbons (Fsp3) is 0.462. The SMILES string of the molecule is COCCCn1c(N)nc2cc(OC)c(OC)cc21. The minimum atomic E-state index is 0.487. The monoisotopic (exact) mass is 265 g/mol. The molecule has 0 radical (unpaired) electrons. The van der Waals surface area contributed by atoms with E-state index in [0.717, 1.165) is 24.0 Å². The van der Waals surface area contributed by atoms with Gasteiger partial charge in [0.05, 0.1) is 25.3 Å². The summed E-state index contributed by atoms with van der Waals surface area (Å²) in [7, 11) is 4.89. The lowest BCUT2D eigenvalue weighted by Crippen LogP contribution is -2.05. The highest BCUT2D eigenvalue weighted by Gasteiger charge is 2.13. The molecule has 1 heterocycles. The maximum absolute atomic E-state index is 5.95. The first kappa shape index (κ1) is 13.5. The number of rotatable bonds is 6. The van der Waals surface area contributed by atoms with Gasteiger partial charge in [-0.3, -0.25) is 0 Å². The van der Waals surface area contributed by atoms with Crippen LogP contribution in [0.5, 0.6) is 11.5 Å².